The number of anilines is 1. The van der Waals surface area contributed by atoms with Gasteiger partial charge in [0.25, 0.3) is 0 Å². The fourth-order valence-electron chi connectivity index (χ4n) is 5.72. The smallest absolute Gasteiger partial charge is 0.240 e. The van der Waals surface area contributed by atoms with Gasteiger partial charge in [0.05, 0.1) is 40.2 Å². The molecule has 3 aromatic rings. The molecule has 0 aromatic heterocycles. The molecule has 0 spiro atoms. The molecule has 0 N–H and O–H groups in total. The first kappa shape index (κ1) is 23.0. The number of para-hydroxylation sites is 1. The molecule has 3 aliphatic rings. The Morgan fingerprint density at radius 2 is 1.69 bits per heavy atom. The molecular weight excluding hydrogens is 544 g/mol. The second-order valence-electron chi connectivity index (χ2n) is 9.01. The van der Waals surface area contributed by atoms with Crippen LogP contribution in [0.3, 0.4) is 0 Å². The molecule has 180 valence electrons. The van der Waals surface area contributed by atoms with Gasteiger partial charge >= 0.3 is 0 Å². The van der Waals surface area contributed by atoms with E-state index in [0.29, 0.717) is 26.5 Å². The lowest BCUT2D eigenvalue weighted by Gasteiger charge is -2.35. The van der Waals surface area contributed by atoms with Crippen molar-refractivity contribution in [2.45, 2.75) is 12.1 Å². The van der Waals surface area contributed by atoms with Gasteiger partial charge in [-0.05, 0) is 63.5 Å². The Morgan fingerprint density at radius 1 is 0.972 bits per heavy atom. The van der Waals surface area contributed by atoms with Gasteiger partial charge in [-0.1, -0.05) is 48.0 Å². The highest BCUT2D eigenvalue weighted by atomic mass is 79.9. The van der Waals surface area contributed by atoms with Crippen molar-refractivity contribution >= 4 is 56.9 Å². The molecular formula is C28H20BrClN2O4. The Balaban J connectivity index is 1.50. The molecule has 0 saturated carbocycles. The molecule has 2 amide bonds. The molecule has 6 nitrogen and oxygen atoms in total. The van der Waals surface area contributed by atoms with Crippen LogP contribution < -0.4 is 9.64 Å². The summed E-state index contributed by atoms with van der Waals surface area (Å²) in [5, 5.41) is 0.307. The summed E-state index contributed by atoms with van der Waals surface area (Å²) >= 11 is 9.85. The van der Waals surface area contributed by atoms with Crippen LogP contribution >= 0.6 is 27.5 Å². The van der Waals surface area contributed by atoms with Crippen molar-refractivity contribution in [3.63, 3.8) is 0 Å². The van der Waals surface area contributed by atoms with Gasteiger partial charge in [-0.3, -0.25) is 14.4 Å². The third-order valence-corrected chi connectivity index (χ3v) is 8.20. The number of hydrogen-bond acceptors (Lipinski definition) is 5. The average Bonchev–Trinajstić information content (AvgIpc) is 3.36. The van der Waals surface area contributed by atoms with Crippen molar-refractivity contribution in [1.29, 1.82) is 0 Å². The van der Waals surface area contributed by atoms with E-state index >= 15 is 0 Å². The second kappa shape index (κ2) is 8.61. The van der Waals surface area contributed by atoms with Crippen LogP contribution in [0.5, 0.6) is 5.75 Å². The number of methoxy groups -OCH3 is 1. The Hall–Kier alpha value is -3.42. The zero-order valence-electron chi connectivity index (χ0n) is 19.1. The van der Waals surface area contributed by atoms with Crippen LogP contribution in [0.25, 0.3) is 6.08 Å². The van der Waals surface area contributed by atoms with Gasteiger partial charge in [0.15, 0.2) is 5.78 Å². The first-order valence-corrected chi connectivity index (χ1v) is 12.6. The van der Waals surface area contributed by atoms with Crippen molar-refractivity contribution < 1.29 is 19.1 Å². The number of nitrogens with zero attached hydrogens (tertiary/aromatic N) is 2. The zero-order chi connectivity index (χ0) is 25.1. The molecule has 4 atom stereocenters. The lowest BCUT2D eigenvalue weighted by atomic mass is 9.83. The molecule has 3 aliphatic heterocycles. The maximum atomic E-state index is 14.0. The van der Waals surface area contributed by atoms with Gasteiger partial charge in [-0.15, -0.1) is 0 Å². The van der Waals surface area contributed by atoms with E-state index in [9.17, 15) is 14.4 Å². The Bertz CT molecular complexity index is 1470. The number of ether oxygens (including phenoxy) is 1. The van der Waals surface area contributed by atoms with Crippen LogP contribution in [0.15, 0.2) is 77.4 Å². The molecule has 0 aliphatic carbocycles. The summed E-state index contributed by atoms with van der Waals surface area (Å²) < 4.78 is 5.94. The minimum absolute atomic E-state index is 0.234. The summed E-state index contributed by atoms with van der Waals surface area (Å²) in [6.07, 6.45) is 3.77. The van der Waals surface area contributed by atoms with Gasteiger partial charge in [0.1, 0.15) is 11.8 Å². The largest absolute Gasteiger partial charge is 0.496 e. The Morgan fingerprint density at radius 3 is 2.44 bits per heavy atom. The van der Waals surface area contributed by atoms with Crippen LogP contribution in [0.1, 0.15) is 27.5 Å². The van der Waals surface area contributed by atoms with Gasteiger partial charge in [0.2, 0.25) is 11.8 Å². The van der Waals surface area contributed by atoms with Crippen LogP contribution in [-0.4, -0.2) is 35.6 Å². The molecule has 0 bridgehead atoms. The molecule has 3 heterocycles. The number of fused-ring (bicyclic) bond motifs is 5. The van der Waals surface area contributed by atoms with Gasteiger partial charge in [-0.2, -0.15) is 0 Å². The highest BCUT2D eigenvalue weighted by Crippen LogP contribution is 2.54. The molecule has 6 rings (SSSR count). The molecule has 36 heavy (non-hydrogen) atoms. The van der Waals surface area contributed by atoms with Crippen molar-refractivity contribution in [3.05, 3.63) is 99.1 Å². The third-order valence-electron chi connectivity index (χ3n) is 7.26. The topological polar surface area (TPSA) is 66.9 Å². The van der Waals surface area contributed by atoms with Crippen molar-refractivity contribution in [1.82, 2.24) is 4.90 Å². The normalized spacial score (nSPS) is 24.0. The SMILES string of the molecule is COc1ccc(C(=O)[C@@H]2[C@H]3C(=O)N(c4ccccc4Cl)C(=O)[C@@H]3[C@H]3c4ccccc4C=CN23)cc1Br. The maximum absolute atomic E-state index is 14.0. The van der Waals surface area contributed by atoms with E-state index in [4.69, 9.17) is 16.3 Å². The van der Waals surface area contributed by atoms with Crippen LogP contribution in [0.2, 0.25) is 5.02 Å². The van der Waals surface area contributed by atoms with Crippen molar-refractivity contribution in [3.8, 4) is 5.75 Å². The third kappa shape index (κ3) is 3.26. The van der Waals surface area contributed by atoms with Crippen molar-refractivity contribution in [2.75, 3.05) is 12.0 Å². The fraction of sp³-hybridized carbons (Fsp3) is 0.179. The van der Waals surface area contributed by atoms with Crippen molar-refractivity contribution in [2.24, 2.45) is 11.8 Å². The minimum Gasteiger partial charge on any atom is -0.496 e. The Kier molecular flexibility index (Phi) is 5.50. The lowest BCUT2D eigenvalue weighted by Crippen LogP contribution is -2.44. The molecule has 2 fully saturated rings. The maximum Gasteiger partial charge on any atom is 0.240 e. The van der Waals surface area contributed by atoms with E-state index in [-0.39, 0.29) is 11.7 Å². The molecule has 2 saturated heterocycles. The summed E-state index contributed by atoms with van der Waals surface area (Å²) in [5.41, 5.74) is 2.65. The van der Waals surface area contributed by atoms with E-state index in [2.05, 4.69) is 15.9 Å². The summed E-state index contributed by atoms with van der Waals surface area (Å²) in [6, 6.07) is 18.3. The Labute approximate surface area is 221 Å². The molecule has 0 radical (unpaired) electrons. The number of carbonyl (C=O) groups excluding carboxylic acids is 3. The number of carbonyl (C=O) groups is 3. The monoisotopic (exact) mass is 562 g/mol. The standard InChI is InChI=1S/C28H20BrClN2O4/c1-36-21-11-10-16(14-18(21)29)26(33)25-23-22(24-17-7-3-2-6-15(17)12-13-31(24)25)27(34)32(28(23)35)20-9-5-4-8-19(20)30/h2-14,22-25H,1H3/t22-,23-,24+,25-/m0/s1. The number of amides is 2. The van der Waals surface area contributed by atoms with E-state index < -0.39 is 29.8 Å². The van der Waals surface area contributed by atoms with Gasteiger partial charge in [-0.25, -0.2) is 4.90 Å². The number of ketones is 1. The quantitative estimate of drug-likeness (QED) is 0.309. The molecule has 8 heteroatoms. The zero-order valence-corrected chi connectivity index (χ0v) is 21.4. The number of halogens is 2. The average molecular weight is 564 g/mol. The molecule has 0 unspecified atom stereocenters. The van der Waals surface area contributed by atoms with Gasteiger partial charge in [0, 0.05) is 11.8 Å². The first-order chi connectivity index (χ1) is 17.4. The van der Waals surface area contributed by atoms with Crippen LogP contribution in [0.4, 0.5) is 5.69 Å². The molecule has 3 aromatic carbocycles. The lowest BCUT2D eigenvalue weighted by molar-refractivity contribution is -0.123. The summed E-state index contributed by atoms with van der Waals surface area (Å²) in [7, 11) is 1.55. The predicted octanol–water partition coefficient (Wildman–Crippen LogP) is 5.51. The highest BCUT2D eigenvalue weighted by Gasteiger charge is 2.64. The number of benzene rings is 3. The van der Waals surface area contributed by atoms with Crippen LogP contribution in [0, 0.1) is 11.8 Å². The number of Topliss-reactive ketones (excluding diaryl/α,β-unsaturated/α-hetero) is 1. The highest BCUT2D eigenvalue weighted by molar-refractivity contribution is 9.10. The number of hydrogen-bond donors (Lipinski definition) is 0. The number of rotatable bonds is 4. The number of imide groups is 1. The second-order valence-corrected chi connectivity index (χ2v) is 10.3. The minimum atomic E-state index is -0.858. The van der Waals surface area contributed by atoms with E-state index in [0.717, 1.165) is 11.1 Å². The first-order valence-electron chi connectivity index (χ1n) is 11.5. The predicted molar refractivity (Wildman–Crippen MR) is 140 cm³/mol. The summed E-state index contributed by atoms with van der Waals surface area (Å²) in [4.78, 5) is 44.9. The van der Waals surface area contributed by atoms with E-state index in [1.807, 2.05) is 41.4 Å². The van der Waals surface area contributed by atoms with E-state index in [1.54, 1.807) is 49.6 Å². The summed E-state index contributed by atoms with van der Waals surface area (Å²) in [5.74, 6) is -1.98. The van der Waals surface area contributed by atoms with E-state index in [1.165, 1.54) is 4.90 Å². The van der Waals surface area contributed by atoms with Crippen LogP contribution in [-0.2, 0) is 9.59 Å². The van der Waals surface area contributed by atoms with Gasteiger partial charge < -0.3 is 9.64 Å². The summed E-state index contributed by atoms with van der Waals surface area (Å²) in [6.45, 7) is 0. The fourth-order valence-corrected chi connectivity index (χ4v) is 6.48.